The predicted molar refractivity (Wildman–Crippen MR) is 95.3 cm³/mol. The second kappa shape index (κ2) is 8.11. The molecule has 0 saturated heterocycles. The van der Waals surface area contributed by atoms with Crippen molar-refractivity contribution in [2.24, 2.45) is 0 Å². The molecule has 0 amide bonds. The Morgan fingerprint density at radius 2 is 1.95 bits per heavy atom. The highest BCUT2D eigenvalue weighted by molar-refractivity contribution is 14.1. The molecule has 2 aromatic carbocycles. The average Bonchev–Trinajstić information content (AvgIpc) is 2.48. The van der Waals surface area contributed by atoms with Gasteiger partial charge < -0.3 is 5.32 Å². The summed E-state index contributed by atoms with van der Waals surface area (Å²) >= 11 is 8.43. The van der Waals surface area contributed by atoms with Crippen LogP contribution < -0.4 is 5.32 Å². The maximum absolute atomic E-state index is 13.6. The smallest absolute Gasteiger partial charge is 0.142 e. The van der Waals surface area contributed by atoms with Crippen LogP contribution in [0.1, 0.15) is 30.5 Å². The van der Waals surface area contributed by atoms with Gasteiger partial charge in [-0.15, -0.1) is 0 Å². The zero-order valence-electron chi connectivity index (χ0n) is 11.9. The molecule has 0 spiro atoms. The SMILES string of the molecule is CCCNC(Cc1cccc(F)c1Cl)c1ccccc1I. The normalized spacial score (nSPS) is 12.4. The van der Waals surface area contributed by atoms with Gasteiger partial charge in [-0.2, -0.15) is 0 Å². The molecule has 0 aliphatic carbocycles. The van der Waals surface area contributed by atoms with E-state index in [0.717, 1.165) is 18.5 Å². The van der Waals surface area contributed by atoms with E-state index in [9.17, 15) is 4.39 Å². The first-order valence-electron chi connectivity index (χ1n) is 7.04. The number of nitrogens with one attached hydrogen (secondary N) is 1. The molecular weight excluding hydrogens is 400 g/mol. The molecule has 0 radical (unpaired) electrons. The highest BCUT2D eigenvalue weighted by Gasteiger charge is 2.16. The van der Waals surface area contributed by atoms with Crippen molar-refractivity contribution < 1.29 is 4.39 Å². The van der Waals surface area contributed by atoms with Crippen LogP contribution in [0.2, 0.25) is 5.02 Å². The van der Waals surface area contributed by atoms with Crippen molar-refractivity contribution >= 4 is 34.2 Å². The van der Waals surface area contributed by atoms with Gasteiger partial charge >= 0.3 is 0 Å². The lowest BCUT2D eigenvalue weighted by Gasteiger charge is -2.21. The number of hydrogen-bond donors (Lipinski definition) is 1. The van der Waals surface area contributed by atoms with Crippen LogP contribution in [0, 0.1) is 9.39 Å². The fraction of sp³-hybridized carbons (Fsp3) is 0.294. The third-order valence-corrected chi connectivity index (χ3v) is 4.78. The fourth-order valence-electron chi connectivity index (χ4n) is 2.29. The van der Waals surface area contributed by atoms with Crippen LogP contribution in [0.3, 0.4) is 0 Å². The van der Waals surface area contributed by atoms with Crippen LogP contribution in [0.5, 0.6) is 0 Å². The molecule has 1 unspecified atom stereocenters. The molecule has 4 heteroatoms. The number of benzene rings is 2. The second-order valence-corrected chi connectivity index (χ2v) is 6.49. The molecule has 0 aliphatic rings. The molecule has 112 valence electrons. The van der Waals surface area contributed by atoms with Crippen molar-refractivity contribution in [2.75, 3.05) is 6.54 Å². The minimum absolute atomic E-state index is 0.136. The number of halogens is 3. The first-order valence-corrected chi connectivity index (χ1v) is 8.49. The van der Waals surface area contributed by atoms with Crippen LogP contribution in [-0.2, 0) is 6.42 Å². The summed E-state index contributed by atoms with van der Waals surface area (Å²) in [6.45, 7) is 3.05. The maximum Gasteiger partial charge on any atom is 0.142 e. The molecule has 0 fully saturated rings. The van der Waals surface area contributed by atoms with E-state index in [1.165, 1.54) is 15.2 Å². The Kier molecular flexibility index (Phi) is 6.45. The average molecular weight is 418 g/mol. The number of rotatable bonds is 6. The Hall–Kier alpha value is -0.650. The molecule has 2 rings (SSSR count). The lowest BCUT2D eigenvalue weighted by Crippen LogP contribution is -2.25. The highest BCUT2D eigenvalue weighted by atomic mass is 127. The summed E-state index contributed by atoms with van der Waals surface area (Å²) in [6, 6.07) is 13.4. The summed E-state index contributed by atoms with van der Waals surface area (Å²) in [5.74, 6) is -0.355. The Morgan fingerprint density at radius 1 is 1.19 bits per heavy atom. The Bertz CT molecular complexity index is 603. The van der Waals surface area contributed by atoms with Gasteiger partial charge in [0, 0.05) is 9.61 Å². The van der Waals surface area contributed by atoms with E-state index in [1.807, 2.05) is 18.2 Å². The van der Waals surface area contributed by atoms with Gasteiger partial charge in [-0.05, 0) is 65.2 Å². The van der Waals surface area contributed by atoms with E-state index < -0.39 is 0 Å². The van der Waals surface area contributed by atoms with Crippen LogP contribution in [-0.4, -0.2) is 6.54 Å². The van der Waals surface area contributed by atoms with E-state index in [0.29, 0.717) is 6.42 Å². The summed E-state index contributed by atoms with van der Waals surface area (Å²) < 4.78 is 14.8. The zero-order chi connectivity index (χ0) is 15.2. The van der Waals surface area contributed by atoms with Crippen molar-refractivity contribution in [2.45, 2.75) is 25.8 Å². The van der Waals surface area contributed by atoms with Crippen molar-refractivity contribution in [3.05, 3.63) is 68.0 Å². The standard InChI is InChI=1S/C17H18ClFIN/c1-2-10-21-16(13-7-3-4-9-15(13)20)11-12-6-5-8-14(19)17(12)18/h3-9,16,21H,2,10-11H2,1H3. The van der Waals surface area contributed by atoms with Gasteiger partial charge in [-0.1, -0.05) is 48.9 Å². The molecule has 0 bridgehead atoms. The van der Waals surface area contributed by atoms with Gasteiger partial charge in [-0.25, -0.2) is 4.39 Å². The Balaban J connectivity index is 2.28. The largest absolute Gasteiger partial charge is 0.310 e. The van der Waals surface area contributed by atoms with E-state index in [4.69, 9.17) is 11.6 Å². The third kappa shape index (κ3) is 4.41. The molecule has 0 saturated carbocycles. The lowest BCUT2D eigenvalue weighted by atomic mass is 9.98. The van der Waals surface area contributed by atoms with Crippen molar-refractivity contribution in [3.8, 4) is 0 Å². The summed E-state index contributed by atoms with van der Waals surface area (Å²) in [7, 11) is 0. The van der Waals surface area contributed by atoms with E-state index in [2.05, 4.69) is 47.0 Å². The molecule has 2 aromatic rings. The van der Waals surface area contributed by atoms with E-state index >= 15 is 0 Å². The Labute approximate surface area is 144 Å². The molecule has 0 heterocycles. The van der Waals surface area contributed by atoms with Crippen LogP contribution >= 0.6 is 34.2 Å². The maximum atomic E-state index is 13.6. The molecule has 1 N–H and O–H groups in total. The minimum atomic E-state index is -0.355. The van der Waals surface area contributed by atoms with Gasteiger partial charge in [0.15, 0.2) is 0 Å². The quantitative estimate of drug-likeness (QED) is 0.623. The van der Waals surface area contributed by atoms with Gasteiger partial charge in [0.1, 0.15) is 5.82 Å². The zero-order valence-corrected chi connectivity index (χ0v) is 14.8. The van der Waals surface area contributed by atoms with Crippen LogP contribution in [0.25, 0.3) is 0 Å². The molecule has 21 heavy (non-hydrogen) atoms. The molecule has 0 aliphatic heterocycles. The summed E-state index contributed by atoms with van der Waals surface area (Å²) in [5, 5.41) is 3.76. The molecule has 1 atom stereocenters. The van der Waals surface area contributed by atoms with Gasteiger partial charge in [-0.3, -0.25) is 0 Å². The van der Waals surface area contributed by atoms with Crippen LogP contribution in [0.4, 0.5) is 4.39 Å². The molecule has 1 nitrogen and oxygen atoms in total. The summed E-state index contributed by atoms with van der Waals surface area (Å²) in [4.78, 5) is 0. The lowest BCUT2D eigenvalue weighted by molar-refractivity contribution is 0.525. The van der Waals surface area contributed by atoms with E-state index in [1.54, 1.807) is 6.07 Å². The van der Waals surface area contributed by atoms with Gasteiger partial charge in [0.2, 0.25) is 0 Å². The van der Waals surface area contributed by atoms with Gasteiger partial charge in [0.05, 0.1) is 5.02 Å². The monoisotopic (exact) mass is 417 g/mol. The Morgan fingerprint density at radius 3 is 2.67 bits per heavy atom. The summed E-state index contributed by atoms with van der Waals surface area (Å²) in [5.41, 5.74) is 2.07. The summed E-state index contributed by atoms with van der Waals surface area (Å²) in [6.07, 6.45) is 1.73. The molecular formula is C17H18ClFIN. The van der Waals surface area contributed by atoms with E-state index in [-0.39, 0.29) is 16.9 Å². The fourth-order valence-corrected chi connectivity index (χ4v) is 3.26. The first-order chi connectivity index (χ1) is 10.1. The highest BCUT2D eigenvalue weighted by Crippen LogP contribution is 2.27. The first kappa shape index (κ1) is 16.7. The second-order valence-electron chi connectivity index (χ2n) is 4.95. The van der Waals surface area contributed by atoms with Crippen molar-refractivity contribution in [3.63, 3.8) is 0 Å². The third-order valence-electron chi connectivity index (χ3n) is 3.38. The topological polar surface area (TPSA) is 12.0 Å². The van der Waals surface area contributed by atoms with Crippen molar-refractivity contribution in [1.29, 1.82) is 0 Å². The van der Waals surface area contributed by atoms with Crippen molar-refractivity contribution in [1.82, 2.24) is 5.32 Å². The van der Waals surface area contributed by atoms with Crippen LogP contribution in [0.15, 0.2) is 42.5 Å². The molecule has 0 aromatic heterocycles. The van der Waals surface area contributed by atoms with Gasteiger partial charge in [0.25, 0.3) is 0 Å². The number of hydrogen-bond acceptors (Lipinski definition) is 1. The minimum Gasteiger partial charge on any atom is -0.310 e. The predicted octanol–water partition coefficient (Wildman–Crippen LogP) is 5.37.